The number of para-hydroxylation sites is 2. The molecule has 0 radical (unpaired) electrons. The van der Waals surface area contributed by atoms with Gasteiger partial charge < -0.3 is 9.13 Å². The summed E-state index contributed by atoms with van der Waals surface area (Å²) in [6, 6.07) is 62.8. The molecule has 0 N–H and O–H groups in total. The molecule has 0 saturated heterocycles. The molecular formula is C49H30N2S4. The third-order valence-electron chi connectivity index (χ3n) is 10.9. The average Bonchev–Trinajstić information content (AvgIpc) is 3.76. The van der Waals surface area contributed by atoms with Crippen LogP contribution in [0.5, 0.6) is 0 Å². The van der Waals surface area contributed by atoms with Crippen molar-refractivity contribution in [3.8, 4) is 11.4 Å². The Morgan fingerprint density at radius 3 is 1.13 bits per heavy atom. The van der Waals surface area contributed by atoms with Gasteiger partial charge in [-0.1, -0.05) is 132 Å². The normalized spacial score (nSPS) is 13.2. The van der Waals surface area contributed by atoms with Crippen LogP contribution in [0.15, 0.2) is 209 Å². The predicted molar refractivity (Wildman–Crippen MR) is 234 cm³/mol. The second-order valence-electron chi connectivity index (χ2n) is 14.1. The van der Waals surface area contributed by atoms with Crippen molar-refractivity contribution in [3.05, 3.63) is 181 Å². The van der Waals surface area contributed by atoms with E-state index in [1.54, 1.807) is 0 Å². The number of rotatable bonds is 4. The van der Waals surface area contributed by atoms with Crippen LogP contribution in [0.4, 0.5) is 0 Å². The Labute approximate surface area is 335 Å². The van der Waals surface area contributed by atoms with Crippen LogP contribution in [0.1, 0.15) is 11.1 Å². The third kappa shape index (κ3) is 5.09. The van der Waals surface area contributed by atoms with E-state index in [1.807, 2.05) is 47.0 Å². The second kappa shape index (κ2) is 12.7. The molecule has 2 nitrogen and oxygen atoms in total. The maximum absolute atomic E-state index is 2.44. The van der Waals surface area contributed by atoms with Gasteiger partial charge in [-0.25, -0.2) is 0 Å². The van der Waals surface area contributed by atoms with E-state index in [0.29, 0.717) is 0 Å². The highest BCUT2D eigenvalue weighted by atomic mass is 32.2. The van der Waals surface area contributed by atoms with Crippen molar-refractivity contribution in [2.24, 2.45) is 0 Å². The summed E-state index contributed by atoms with van der Waals surface area (Å²) in [6.07, 6.45) is 0.877. The monoisotopic (exact) mass is 774 g/mol. The van der Waals surface area contributed by atoms with Crippen LogP contribution in [-0.2, 0) is 6.42 Å². The summed E-state index contributed by atoms with van der Waals surface area (Å²) in [5.41, 5.74) is 9.97. The summed E-state index contributed by atoms with van der Waals surface area (Å²) in [6.45, 7) is 0. The van der Waals surface area contributed by atoms with E-state index in [2.05, 4.69) is 179 Å². The van der Waals surface area contributed by atoms with Crippen LogP contribution in [0.25, 0.3) is 55.0 Å². The van der Waals surface area contributed by atoms with Gasteiger partial charge in [0.2, 0.25) is 0 Å². The molecule has 0 bridgehead atoms. The highest BCUT2D eigenvalue weighted by Gasteiger charge is 2.25. The van der Waals surface area contributed by atoms with E-state index in [-0.39, 0.29) is 0 Å². The van der Waals surface area contributed by atoms with Crippen LogP contribution < -0.4 is 0 Å². The van der Waals surface area contributed by atoms with E-state index in [0.717, 1.165) is 6.42 Å². The van der Waals surface area contributed by atoms with Gasteiger partial charge >= 0.3 is 0 Å². The molecule has 0 atom stereocenters. The first-order valence-corrected chi connectivity index (χ1v) is 21.7. The molecule has 260 valence electrons. The Balaban J connectivity index is 0.871. The first-order valence-electron chi connectivity index (χ1n) is 18.5. The molecule has 55 heavy (non-hydrogen) atoms. The Morgan fingerprint density at radius 2 is 0.691 bits per heavy atom. The van der Waals surface area contributed by atoms with Crippen molar-refractivity contribution in [1.82, 2.24) is 9.13 Å². The molecule has 12 rings (SSSR count). The molecule has 2 aromatic heterocycles. The molecule has 2 aliphatic heterocycles. The van der Waals surface area contributed by atoms with Crippen LogP contribution >= 0.6 is 47.0 Å². The number of benzene rings is 8. The van der Waals surface area contributed by atoms with Gasteiger partial charge in [-0.15, -0.1) is 0 Å². The Kier molecular flexibility index (Phi) is 7.37. The summed E-state index contributed by atoms with van der Waals surface area (Å²) < 4.78 is 4.88. The lowest BCUT2D eigenvalue weighted by Crippen LogP contribution is -1.97. The Morgan fingerprint density at radius 1 is 0.309 bits per heavy atom. The van der Waals surface area contributed by atoms with Crippen molar-refractivity contribution in [2.45, 2.75) is 45.6 Å². The SMILES string of the molecule is c1ccc2c(c1)Sc1ccc3c(c1S2)c1ccccc1n3-c1ccc(Cc2ccc(-n3c4ccccc4c4c5c(ccc43)Sc3ccccc3S5)cc2)cc1. The minimum absolute atomic E-state index is 0.877. The quantitative estimate of drug-likeness (QED) is 0.176. The van der Waals surface area contributed by atoms with Crippen LogP contribution in [-0.4, -0.2) is 9.13 Å². The maximum Gasteiger partial charge on any atom is 0.0553 e. The van der Waals surface area contributed by atoms with Gasteiger partial charge in [0.15, 0.2) is 0 Å². The smallest absolute Gasteiger partial charge is 0.0553 e. The number of fused-ring (bicyclic) bond motifs is 12. The van der Waals surface area contributed by atoms with Gasteiger partial charge in [-0.2, -0.15) is 0 Å². The molecule has 4 heterocycles. The number of hydrogen-bond acceptors (Lipinski definition) is 4. The molecule has 8 aromatic carbocycles. The summed E-state index contributed by atoms with van der Waals surface area (Å²) in [5, 5.41) is 5.29. The van der Waals surface area contributed by atoms with Crippen molar-refractivity contribution in [2.75, 3.05) is 0 Å². The van der Waals surface area contributed by atoms with E-state index >= 15 is 0 Å². The zero-order valence-corrected chi connectivity index (χ0v) is 32.7. The van der Waals surface area contributed by atoms with Gasteiger partial charge in [0.1, 0.15) is 0 Å². The van der Waals surface area contributed by atoms with Crippen molar-refractivity contribution >= 4 is 90.7 Å². The number of hydrogen-bond donors (Lipinski definition) is 0. The molecule has 10 aromatic rings. The zero-order chi connectivity index (χ0) is 36.0. The molecule has 0 aliphatic carbocycles. The third-order valence-corrected chi connectivity index (χ3v) is 16.1. The van der Waals surface area contributed by atoms with Crippen molar-refractivity contribution in [1.29, 1.82) is 0 Å². The van der Waals surface area contributed by atoms with E-state index in [1.165, 1.54) is 105 Å². The maximum atomic E-state index is 2.44. The topological polar surface area (TPSA) is 9.86 Å². The van der Waals surface area contributed by atoms with E-state index < -0.39 is 0 Å². The molecule has 2 aliphatic rings. The van der Waals surface area contributed by atoms with Crippen LogP contribution in [0.3, 0.4) is 0 Å². The van der Waals surface area contributed by atoms with Crippen molar-refractivity contribution in [3.63, 3.8) is 0 Å². The second-order valence-corrected chi connectivity index (χ2v) is 18.4. The highest BCUT2D eigenvalue weighted by Crippen LogP contribution is 2.54. The standard InChI is InChI=1S/C49H30N2S4/c1-3-11-36-34(9-1)46-38(25-27-44-48(46)54-42-15-7-5-13-40(42)52-44)50(36)32-21-17-30(18-22-32)29-31-19-23-33(24-20-31)51-37-12-4-2-10-35(37)47-39(51)26-28-45-49(47)55-43-16-8-6-14-41(43)53-45/h1-28H,29H2. The molecule has 0 spiro atoms. The lowest BCUT2D eigenvalue weighted by atomic mass is 10.0. The molecule has 0 unspecified atom stereocenters. The average molecular weight is 775 g/mol. The summed E-state index contributed by atoms with van der Waals surface area (Å²) in [4.78, 5) is 10.7. The molecule has 0 amide bonds. The van der Waals surface area contributed by atoms with Crippen molar-refractivity contribution < 1.29 is 0 Å². The number of aromatic nitrogens is 2. The first kappa shape index (κ1) is 32.0. The first-order chi connectivity index (χ1) is 27.2. The largest absolute Gasteiger partial charge is 0.309 e. The fraction of sp³-hybridized carbons (Fsp3) is 0.0204. The Hall–Kier alpha value is -5.24. The van der Waals surface area contributed by atoms with E-state index in [9.17, 15) is 0 Å². The number of nitrogens with zero attached hydrogens (tertiary/aromatic N) is 2. The summed E-state index contributed by atoms with van der Waals surface area (Å²) >= 11 is 7.58. The summed E-state index contributed by atoms with van der Waals surface area (Å²) in [7, 11) is 0. The van der Waals surface area contributed by atoms with E-state index in [4.69, 9.17) is 0 Å². The lowest BCUT2D eigenvalue weighted by Gasteiger charge is -2.19. The van der Waals surface area contributed by atoms with Gasteiger partial charge in [0.25, 0.3) is 0 Å². The van der Waals surface area contributed by atoms with Crippen LogP contribution in [0.2, 0.25) is 0 Å². The highest BCUT2D eigenvalue weighted by molar-refractivity contribution is 8.05. The van der Waals surface area contributed by atoms with Gasteiger partial charge in [-0.3, -0.25) is 0 Å². The van der Waals surface area contributed by atoms with Gasteiger partial charge in [-0.05, 0) is 102 Å². The molecule has 6 heteroatoms. The van der Waals surface area contributed by atoms with Gasteiger partial charge in [0.05, 0.1) is 22.1 Å². The van der Waals surface area contributed by atoms with Gasteiger partial charge in [0, 0.05) is 72.1 Å². The minimum atomic E-state index is 0.877. The fourth-order valence-electron chi connectivity index (χ4n) is 8.39. The summed E-state index contributed by atoms with van der Waals surface area (Å²) in [5.74, 6) is 0. The minimum Gasteiger partial charge on any atom is -0.309 e. The lowest BCUT2D eigenvalue weighted by molar-refractivity contribution is 1.13. The fourth-order valence-corrected chi connectivity index (χ4v) is 13.2. The zero-order valence-electron chi connectivity index (χ0n) is 29.4. The van der Waals surface area contributed by atoms with Crippen LogP contribution in [0, 0.1) is 0 Å². The molecule has 0 fully saturated rings. The Bertz CT molecular complexity index is 2960. The molecular weight excluding hydrogens is 745 g/mol. The molecule has 0 saturated carbocycles. The predicted octanol–water partition coefficient (Wildman–Crippen LogP) is 14.7.